The Hall–Kier alpha value is -1.22. The van der Waals surface area contributed by atoms with Crippen molar-refractivity contribution in [2.75, 3.05) is 39.3 Å². The summed E-state index contributed by atoms with van der Waals surface area (Å²) in [6.45, 7) is 10.5. The van der Waals surface area contributed by atoms with E-state index in [4.69, 9.17) is 21.3 Å². The Balaban J connectivity index is 0.00000338. The molecule has 1 saturated heterocycles. The number of nitrogens with one attached hydrogen (secondary N) is 1. The molecule has 6 nitrogen and oxygen atoms in total. The first-order valence-corrected chi connectivity index (χ1v) is 9.13. The molecule has 8 heteroatoms. The van der Waals surface area contributed by atoms with Crippen molar-refractivity contribution in [1.29, 1.82) is 0 Å². The molecule has 0 spiro atoms. The van der Waals surface area contributed by atoms with Gasteiger partial charge in [-0.05, 0) is 26.0 Å². The Morgan fingerprint density at radius 3 is 2.46 bits per heavy atom. The van der Waals surface area contributed by atoms with Gasteiger partial charge in [0.2, 0.25) is 5.91 Å². The standard InChI is InChI=1S/C18H27ClN4O2.HI/c1-4-20-18(23-10-8-22(9-11-23)14(3)24)21-13-15-6-7-16(19)12-17(15)25-5-2;/h6-7,12H,4-5,8-11,13H2,1-3H3,(H,20,21);1H. The maximum atomic E-state index is 11.5. The quantitative estimate of drug-likeness (QED) is 0.388. The van der Waals surface area contributed by atoms with Crippen LogP contribution in [0.15, 0.2) is 23.2 Å². The minimum atomic E-state index is 0. The summed E-state index contributed by atoms with van der Waals surface area (Å²) >= 11 is 6.06. The van der Waals surface area contributed by atoms with Crippen molar-refractivity contribution in [3.05, 3.63) is 28.8 Å². The van der Waals surface area contributed by atoms with Crippen molar-refractivity contribution >= 4 is 47.4 Å². The summed E-state index contributed by atoms with van der Waals surface area (Å²) in [5.74, 6) is 1.77. The zero-order valence-electron chi connectivity index (χ0n) is 15.6. The summed E-state index contributed by atoms with van der Waals surface area (Å²) < 4.78 is 5.66. The average Bonchev–Trinajstić information content (AvgIpc) is 2.60. The third-order valence-corrected chi connectivity index (χ3v) is 4.32. The molecular weight excluding hydrogens is 467 g/mol. The lowest BCUT2D eigenvalue weighted by atomic mass is 10.2. The largest absolute Gasteiger partial charge is 0.493 e. The lowest BCUT2D eigenvalue weighted by Gasteiger charge is -2.36. The number of halogens is 2. The van der Waals surface area contributed by atoms with Crippen LogP contribution in [-0.2, 0) is 11.3 Å². The number of hydrogen-bond acceptors (Lipinski definition) is 3. The monoisotopic (exact) mass is 494 g/mol. The molecule has 1 heterocycles. The summed E-state index contributed by atoms with van der Waals surface area (Å²) in [5.41, 5.74) is 1.00. The normalized spacial score (nSPS) is 14.7. The van der Waals surface area contributed by atoms with Crippen LogP contribution in [0.25, 0.3) is 0 Å². The molecule has 0 unspecified atom stereocenters. The van der Waals surface area contributed by atoms with Crippen LogP contribution in [0, 0.1) is 0 Å². The van der Waals surface area contributed by atoms with Crippen LogP contribution >= 0.6 is 35.6 Å². The average molecular weight is 495 g/mol. The minimum Gasteiger partial charge on any atom is -0.493 e. The first-order chi connectivity index (χ1) is 12.0. The zero-order valence-corrected chi connectivity index (χ0v) is 18.7. The number of rotatable bonds is 5. The number of carbonyl (C=O) groups is 1. The topological polar surface area (TPSA) is 57.2 Å². The van der Waals surface area contributed by atoms with Gasteiger partial charge in [0, 0.05) is 50.2 Å². The van der Waals surface area contributed by atoms with Gasteiger partial charge < -0.3 is 19.9 Å². The van der Waals surface area contributed by atoms with Gasteiger partial charge in [-0.1, -0.05) is 17.7 Å². The van der Waals surface area contributed by atoms with Crippen LogP contribution in [0.5, 0.6) is 5.75 Å². The van der Waals surface area contributed by atoms with Crippen molar-refractivity contribution in [1.82, 2.24) is 15.1 Å². The summed E-state index contributed by atoms with van der Waals surface area (Å²) in [6, 6.07) is 5.63. The van der Waals surface area contributed by atoms with E-state index < -0.39 is 0 Å². The highest BCUT2D eigenvalue weighted by Gasteiger charge is 2.20. The third-order valence-electron chi connectivity index (χ3n) is 4.09. The summed E-state index contributed by atoms with van der Waals surface area (Å²) in [5, 5.41) is 3.99. The number of benzene rings is 1. The fraction of sp³-hybridized carbons (Fsp3) is 0.556. The number of aliphatic imine (C=N–C) groups is 1. The van der Waals surface area contributed by atoms with Crippen molar-refractivity contribution in [3.63, 3.8) is 0 Å². The zero-order chi connectivity index (χ0) is 18.2. The van der Waals surface area contributed by atoms with E-state index in [0.29, 0.717) is 18.2 Å². The Kier molecular flexibility index (Phi) is 10.1. The molecule has 0 radical (unpaired) electrons. The van der Waals surface area contributed by atoms with E-state index in [0.717, 1.165) is 50.0 Å². The molecule has 0 atom stereocenters. The predicted octanol–water partition coefficient (Wildman–Crippen LogP) is 2.99. The number of hydrogen-bond donors (Lipinski definition) is 1. The molecule has 1 aromatic carbocycles. The van der Waals surface area contributed by atoms with E-state index in [1.165, 1.54) is 0 Å². The van der Waals surface area contributed by atoms with Gasteiger partial charge in [0.25, 0.3) is 0 Å². The van der Waals surface area contributed by atoms with E-state index in [1.807, 2.05) is 30.0 Å². The molecular formula is C18H28ClIN4O2. The molecule has 0 aliphatic carbocycles. The van der Waals surface area contributed by atoms with E-state index in [2.05, 4.69) is 17.1 Å². The van der Waals surface area contributed by atoms with E-state index in [1.54, 1.807) is 6.92 Å². The molecule has 146 valence electrons. The molecule has 0 aromatic heterocycles. The number of amides is 1. The SMILES string of the molecule is CCNC(=NCc1ccc(Cl)cc1OCC)N1CCN(C(C)=O)CC1.I. The van der Waals surface area contributed by atoms with Gasteiger partial charge in [-0.25, -0.2) is 4.99 Å². The third kappa shape index (κ3) is 6.50. The second-order valence-corrected chi connectivity index (χ2v) is 6.28. The van der Waals surface area contributed by atoms with Crippen LogP contribution in [0.1, 0.15) is 26.3 Å². The highest BCUT2D eigenvalue weighted by atomic mass is 127. The molecule has 1 amide bonds. The van der Waals surface area contributed by atoms with Crippen LogP contribution in [0.4, 0.5) is 0 Å². The first-order valence-electron chi connectivity index (χ1n) is 8.75. The van der Waals surface area contributed by atoms with Crippen molar-refractivity contribution < 1.29 is 9.53 Å². The molecule has 1 aromatic rings. The predicted molar refractivity (Wildman–Crippen MR) is 117 cm³/mol. The first kappa shape index (κ1) is 22.8. The molecule has 1 fully saturated rings. The minimum absolute atomic E-state index is 0. The molecule has 26 heavy (non-hydrogen) atoms. The van der Waals surface area contributed by atoms with Crippen LogP contribution in [-0.4, -0.2) is 61.0 Å². The van der Waals surface area contributed by atoms with E-state index >= 15 is 0 Å². The molecule has 1 aliphatic rings. The second-order valence-electron chi connectivity index (χ2n) is 5.85. The maximum absolute atomic E-state index is 11.5. The summed E-state index contributed by atoms with van der Waals surface area (Å²) in [6.07, 6.45) is 0. The highest BCUT2D eigenvalue weighted by molar-refractivity contribution is 14.0. The van der Waals surface area contributed by atoms with Gasteiger partial charge in [0.1, 0.15) is 5.75 Å². The smallest absolute Gasteiger partial charge is 0.219 e. The van der Waals surface area contributed by atoms with E-state index in [9.17, 15) is 4.79 Å². The lowest BCUT2D eigenvalue weighted by Crippen LogP contribution is -2.53. The van der Waals surface area contributed by atoms with Gasteiger partial charge in [-0.3, -0.25) is 4.79 Å². The second kappa shape index (κ2) is 11.5. The van der Waals surface area contributed by atoms with Crippen molar-refractivity contribution in [2.45, 2.75) is 27.3 Å². The number of guanidine groups is 1. The van der Waals surface area contributed by atoms with Gasteiger partial charge >= 0.3 is 0 Å². The molecule has 1 N–H and O–H groups in total. The maximum Gasteiger partial charge on any atom is 0.219 e. The molecule has 0 saturated carbocycles. The lowest BCUT2D eigenvalue weighted by molar-refractivity contribution is -0.130. The molecule has 1 aliphatic heterocycles. The van der Waals surface area contributed by atoms with Crippen molar-refractivity contribution in [2.24, 2.45) is 4.99 Å². The Bertz CT molecular complexity index is 619. The Morgan fingerprint density at radius 2 is 1.88 bits per heavy atom. The molecule has 2 rings (SSSR count). The number of nitrogens with zero attached hydrogens (tertiary/aromatic N) is 3. The van der Waals surface area contributed by atoms with Gasteiger partial charge in [0.15, 0.2) is 5.96 Å². The fourth-order valence-electron chi connectivity index (χ4n) is 2.77. The van der Waals surface area contributed by atoms with E-state index in [-0.39, 0.29) is 29.9 Å². The molecule has 0 bridgehead atoms. The number of ether oxygens (including phenoxy) is 1. The van der Waals surface area contributed by atoms with Crippen LogP contribution in [0.3, 0.4) is 0 Å². The van der Waals surface area contributed by atoms with Crippen LogP contribution in [0.2, 0.25) is 5.02 Å². The summed E-state index contributed by atoms with van der Waals surface area (Å²) in [7, 11) is 0. The van der Waals surface area contributed by atoms with Gasteiger partial charge in [-0.2, -0.15) is 0 Å². The van der Waals surface area contributed by atoms with Crippen molar-refractivity contribution in [3.8, 4) is 5.75 Å². The number of piperazine rings is 1. The number of carbonyl (C=O) groups excluding carboxylic acids is 1. The fourth-order valence-corrected chi connectivity index (χ4v) is 2.93. The van der Waals surface area contributed by atoms with Gasteiger partial charge in [0.05, 0.1) is 13.2 Å². The Labute approximate surface area is 177 Å². The summed E-state index contributed by atoms with van der Waals surface area (Å²) in [4.78, 5) is 20.3. The van der Waals surface area contributed by atoms with Gasteiger partial charge in [-0.15, -0.1) is 24.0 Å². The highest BCUT2D eigenvalue weighted by Crippen LogP contribution is 2.24. The van der Waals surface area contributed by atoms with Crippen LogP contribution < -0.4 is 10.1 Å². The Morgan fingerprint density at radius 1 is 1.23 bits per heavy atom.